The Morgan fingerprint density at radius 1 is 1.19 bits per heavy atom. The number of anilines is 1. The molecule has 32 heavy (non-hydrogen) atoms. The third-order valence-electron chi connectivity index (χ3n) is 6.71. The lowest BCUT2D eigenvalue weighted by atomic mass is 9.73. The minimum Gasteiger partial charge on any atom is -0.376 e. The largest absolute Gasteiger partial charge is 0.376 e. The number of benzene rings is 1. The minimum absolute atomic E-state index is 0.106. The standard InChI is InChI=1S/C23H27ClN6OS/c1-15-22(25)23(14-31-15)7-10-30(11-8-23)19-12-27-20(13-26-19)32-18-5-3-4-16(21(18)24)17-6-9-29(2)28-17/h3-6,9,12-13,15,22H,7-8,10-11,14,25H2,1-2H3/t15-,22+/m0/s1. The molecule has 2 aliphatic rings. The number of aromatic nitrogens is 4. The van der Waals surface area contributed by atoms with Crippen LogP contribution >= 0.6 is 23.4 Å². The molecule has 1 spiro atoms. The van der Waals surface area contributed by atoms with Crippen LogP contribution in [0.4, 0.5) is 5.82 Å². The molecular formula is C23H27ClN6OS. The van der Waals surface area contributed by atoms with Gasteiger partial charge in [0.05, 0.1) is 35.8 Å². The summed E-state index contributed by atoms with van der Waals surface area (Å²) in [5.74, 6) is 0.901. The molecule has 0 aliphatic carbocycles. The van der Waals surface area contributed by atoms with E-state index in [2.05, 4.69) is 26.9 Å². The Kier molecular flexibility index (Phi) is 5.88. The van der Waals surface area contributed by atoms with Crippen molar-refractivity contribution in [1.29, 1.82) is 0 Å². The number of halogens is 1. The maximum atomic E-state index is 6.69. The Hall–Kier alpha value is -2.13. The molecule has 168 valence electrons. The van der Waals surface area contributed by atoms with E-state index < -0.39 is 0 Å². The van der Waals surface area contributed by atoms with Crippen LogP contribution in [0.5, 0.6) is 0 Å². The predicted octanol–water partition coefficient (Wildman–Crippen LogP) is 4.01. The molecule has 2 aliphatic heterocycles. The smallest absolute Gasteiger partial charge is 0.147 e. The van der Waals surface area contributed by atoms with Crippen molar-refractivity contribution in [3.8, 4) is 11.3 Å². The molecule has 0 radical (unpaired) electrons. The third-order valence-corrected chi connectivity index (χ3v) is 8.21. The van der Waals surface area contributed by atoms with Gasteiger partial charge >= 0.3 is 0 Å². The van der Waals surface area contributed by atoms with Gasteiger partial charge in [0, 0.05) is 48.2 Å². The minimum atomic E-state index is 0.106. The van der Waals surface area contributed by atoms with Gasteiger partial charge in [-0.05, 0) is 31.9 Å². The number of hydrogen-bond donors (Lipinski definition) is 1. The average molecular weight is 471 g/mol. The monoisotopic (exact) mass is 470 g/mol. The van der Waals surface area contributed by atoms with Crippen LogP contribution in [-0.4, -0.2) is 51.6 Å². The van der Waals surface area contributed by atoms with E-state index in [1.807, 2.05) is 49.9 Å². The van der Waals surface area contributed by atoms with Gasteiger partial charge in [-0.25, -0.2) is 9.97 Å². The summed E-state index contributed by atoms with van der Waals surface area (Å²) in [5, 5.41) is 5.94. The number of hydrogen-bond acceptors (Lipinski definition) is 7. The van der Waals surface area contributed by atoms with Gasteiger partial charge in [0.2, 0.25) is 0 Å². The molecule has 7 nitrogen and oxygen atoms in total. The van der Waals surface area contributed by atoms with Gasteiger partial charge in [-0.2, -0.15) is 5.10 Å². The highest BCUT2D eigenvalue weighted by Gasteiger charge is 2.47. The first kappa shape index (κ1) is 21.7. The molecule has 0 saturated carbocycles. The zero-order valence-electron chi connectivity index (χ0n) is 18.2. The van der Waals surface area contributed by atoms with Crippen molar-refractivity contribution in [2.24, 2.45) is 18.2 Å². The molecule has 2 aromatic heterocycles. The molecule has 2 fully saturated rings. The lowest BCUT2D eigenvalue weighted by molar-refractivity contribution is 0.0974. The SMILES string of the molecule is C[C@@H]1OCC2(CCN(c3cnc(Sc4cccc(-c5ccn(C)n5)c4Cl)cn3)CC2)[C@@H]1N. The number of nitrogens with zero attached hydrogens (tertiary/aromatic N) is 5. The van der Waals surface area contributed by atoms with E-state index in [0.717, 1.165) is 59.5 Å². The third kappa shape index (κ3) is 4.01. The van der Waals surface area contributed by atoms with E-state index >= 15 is 0 Å². The van der Waals surface area contributed by atoms with Crippen LogP contribution in [0.2, 0.25) is 5.02 Å². The van der Waals surface area contributed by atoms with Crippen molar-refractivity contribution in [1.82, 2.24) is 19.7 Å². The maximum Gasteiger partial charge on any atom is 0.147 e. The van der Waals surface area contributed by atoms with Crippen LogP contribution in [0, 0.1) is 5.41 Å². The summed E-state index contributed by atoms with van der Waals surface area (Å²) in [7, 11) is 1.89. The summed E-state index contributed by atoms with van der Waals surface area (Å²) in [5.41, 5.74) is 8.30. The lowest BCUT2D eigenvalue weighted by Crippen LogP contribution is -2.50. The summed E-state index contributed by atoms with van der Waals surface area (Å²) in [6, 6.07) is 8.03. The molecular weight excluding hydrogens is 444 g/mol. The number of ether oxygens (including phenoxy) is 1. The Morgan fingerprint density at radius 2 is 2.00 bits per heavy atom. The zero-order chi connectivity index (χ0) is 22.3. The summed E-state index contributed by atoms with van der Waals surface area (Å²) < 4.78 is 7.60. The first-order valence-corrected chi connectivity index (χ1v) is 12.1. The van der Waals surface area contributed by atoms with Crippen LogP contribution < -0.4 is 10.6 Å². The average Bonchev–Trinajstić information content (AvgIpc) is 3.35. The molecule has 2 atom stereocenters. The van der Waals surface area contributed by atoms with Crippen molar-refractivity contribution in [3.05, 3.63) is 47.9 Å². The molecule has 2 N–H and O–H groups in total. The Labute approximate surface area is 197 Å². The van der Waals surface area contributed by atoms with Gasteiger partial charge in [0.25, 0.3) is 0 Å². The molecule has 1 aromatic carbocycles. The maximum absolute atomic E-state index is 6.69. The first-order chi connectivity index (χ1) is 15.4. The van der Waals surface area contributed by atoms with E-state index in [0.29, 0.717) is 5.02 Å². The highest BCUT2D eigenvalue weighted by atomic mass is 35.5. The van der Waals surface area contributed by atoms with Gasteiger partial charge in [0.15, 0.2) is 0 Å². The van der Waals surface area contributed by atoms with Gasteiger partial charge in [0.1, 0.15) is 10.8 Å². The van der Waals surface area contributed by atoms with E-state index in [-0.39, 0.29) is 17.6 Å². The van der Waals surface area contributed by atoms with Gasteiger partial charge in [-0.3, -0.25) is 4.68 Å². The normalized spacial score (nSPS) is 22.6. The van der Waals surface area contributed by atoms with Crippen molar-refractivity contribution in [2.45, 2.75) is 41.8 Å². The number of piperidine rings is 1. The fraction of sp³-hybridized carbons (Fsp3) is 0.435. The Morgan fingerprint density at radius 3 is 2.62 bits per heavy atom. The second kappa shape index (κ2) is 8.67. The summed E-state index contributed by atoms with van der Waals surface area (Å²) in [4.78, 5) is 12.5. The topological polar surface area (TPSA) is 82.1 Å². The van der Waals surface area contributed by atoms with Crippen LogP contribution in [-0.2, 0) is 11.8 Å². The van der Waals surface area contributed by atoms with E-state index in [9.17, 15) is 0 Å². The van der Waals surface area contributed by atoms with Crippen LogP contribution in [0.15, 0.2) is 52.8 Å². The molecule has 5 rings (SSSR count). The van der Waals surface area contributed by atoms with Crippen molar-refractivity contribution < 1.29 is 4.74 Å². The van der Waals surface area contributed by atoms with Gasteiger partial charge in [-0.1, -0.05) is 35.5 Å². The highest BCUT2D eigenvalue weighted by molar-refractivity contribution is 7.99. The molecule has 9 heteroatoms. The Bertz CT molecular complexity index is 1100. The number of rotatable bonds is 4. The van der Waals surface area contributed by atoms with Crippen LogP contribution in [0.25, 0.3) is 11.3 Å². The Balaban J connectivity index is 1.26. The summed E-state index contributed by atoms with van der Waals surface area (Å²) in [6.45, 7) is 4.68. The van der Waals surface area contributed by atoms with E-state index in [1.54, 1.807) is 4.68 Å². The summed E-state index contributed by atoms with van der Waals surface area (Å²) >= 11 is 8.20. The predicted molar refractivity (Wildman–Crippen MR) is 127 cm³/mol. The molecule has 4 heterocycles. The van der Waals surface area contributed by atoms with Crippen molar-refractivity contribution in [2.75, 3.05) is 24.6 Å². The van der Waals surface area contributed by atoms with E-state index in [4.69, 9.17) is 22.1 Å². The van der Waals surface area contributed by atoms with Crippen LogP contribution in [0.3, 0.4) is 0 Å². The van der Waals surface area contributed by atoms with E-state index in [1.165, 1.54) is 11.8 Å². The van der Waals surface area contributed by atoms with Gasteiger partial charge < -0.3 is 15.4 Å². The fourth-order valence-electron chi connectivity index (χ4n) is 4.64. The van der Waals surface area contributed by atoms with Gasteiger partial charge in [-0.15, -0.1) is 0 Å². The molecule has 0 bridgehead atoms. The molecule has 3 aromatic rings. The summed E-state index contributed by atoms with van der Waals surface area (Å²) in [6.07, 6.45) is 7.76. The van der Waals surface area contributed by atoms with Crippen molar-refractivity contribution in [3.63, 3.8) is 0 Å². The first-order valence-electron chi connectivity index (χ1n) is 10.9. The highest BCUT2D eigenvalue weighted by Crippen LogP contribution is 2.42. The molecule has 0 unspecified atom stereocenters. The second-order valence-corrected chi connectivity index (χ2v) is 10.1. The van der Waals surface area contributed by atoms with Crippen LogP contribution in [0.1, 0.15) is 19.8 Å². The molecule has 0 amide bonds. The molecule has 2 saturated heterocycles. The quantitative estimate of drug-likeness (QED) is 0.616. The van der Waals surface area contributed by atoms with Crippen molar-refractivity contribution >= 4 is 29.2 Å². The lowest BCUT2D eigenvalue weighted by Gasteiger charge is -2.41. The zero-order valence-corrected chi connectivity index (χ0v) is 19.8. The number of nitrogens with two attached hydrogens (primary N) is 1. The second-order valence-electron chi connectivity index (χ2n) is 8.70. The number of aryl methyl sites for hydroxylation is 1. The fourth-order valence-corrected chi connectivity index (χ4v) is 5.76.